The molecule has 0 bridgehead atoms. The zero-order chi connectivity index (χ0) is 33.6. The summed E-state index contributed by atoms with van der Waals surface area (Å²) in [6.45, 7) is 5.82. The molecule has 5 N–H and O–H groups in total. The van der Waals surface area contributed by atoms with Gasteiger partial charge in [0.1, 0.15) is 23.9 Å². The molecule has 5 amide bonds. The zero-order valence-electron chi connectivity index (χ0n) is 26.7. The Morgan fingerprint density at radius 3 is 2.43 bits per heavy atom. The van der Waals surface area contributed by atoms with Crippen molar-refractivity contribution in [3.8, 4) is 0 Å². The Morgan fingerprint density at radius 2 is 1.76 bits per heavy atom. The van der Waals surface area contributed by atoms with Crippen LogP contribution in [0.3, 0.4) is 0 Å². The third-order valence-corrected chi connectivity index (χ3v) is 7.59. The summed E-state index contributed by atoms with van der Waals surface area (Å²) in [5, 5.41) is 13.7. The van der Waals surface area contributed by atoms with Crippen LogP contribution in [0.15, 0.2) is 60.7 Å². The van der Waals surface area contributed by atoms with Crippen LogP contribution in [0.1, 0.15) is 49.8 Å². The molecule has 0 aromatic heterocycles. The Hall–Kier alpha value is -4.74. The molecule has 1 aliphatic rings. The Bertz CT molecular complexity index is 1400. The number of methoxy groups -OCH3 is 1. The van der Waals surface area contributed by atoms with Crippen molar-refractivity contribution in [3.63, 3.8) is 0 Å². The van der Waals surface area contributed by atoms with Crippen molar-refractivity contribution in [2.24, 2.45) is 5.92 Å². The molecule has 2 aromatic rings. The Labute approximate surface area is 269 Å². The number of aryl methyl sites for hydroxylation is 1. The van der Waals surface area contributed by atoms with Gasteiger partial charge < -0.3 is 31.3 Å². The smallest absolute Gasteiger partial charge is 0.328 e. The summed E-state index contributed by atoms with van der Waals surface area (Å²) in [5.74, 6) is -2.70. The van der Waals surface area contributed by atoms with Gasteiger partial charge in [0.15, 0.2) is 0 Å². The van der Waals surface area contributed by atoms with Crippen molar-refractivity contribution in [1.82, 2.24) is 26.6 Å². The molecule has 248 valence electrons. The van der Waals surface area contributed by atoms with E-state index in [0.29, 0.717) is 24.9 Å². The fourth-order valence-electron chi connectivity index (χ4n) is 4.99. The average molecular weight is 638 g/mol. The quantitative estimate of drug-likeness (QED) is 0.253. The lowest BCUT2D eigenvalue weighted by Crippen LogP contribution is -2.58. The number of hydrogen-bond acceptors (Lipinski definition) is 6. The molecule has 0 saturated heterocycles. The van der Waals surface area contributed by atoms with E-state index < -0.39 is 53.8 Å². The number of urea groups is 1. The summed E-state index contributed by atoms with van der Waals surface area (Å²) in [7, 11) is 1.23. The van der Waals surface area contributed by atoms with Gasteiger partial charge in [0, 0.05) is 19.0 Å². The van der Waals surface area contributed by atoms with E-state index in [2.05, 4.69) is 26.6 Å². The molecule has 2 aromatic carbocycles. The van der Waals surface area contributed by atoms with Crippen LogP contribution in [0.5, 0.6) is 0 Å². The minimum atomic E-state index is -1.09. The number of ether oxygens (including phenoxy) is 1. The lowest BCUT2D eigenvalue weighted by atomic mass is 10.0. The number of benzene rings is 2. The predicted molar refractivity (Wildman–Crippen MR) is 171 cm³/mol. The van der Waals surface area contributed by atoms with Crippen molar-refractivity contribution < 1.29 is 33.1 Å². The van der Waals surface area contributed by atoms with Crippen molar-refractivity contribution in [2.75, 3.05) is 13.7 Å². The summed E-state index contributed by atoms with van der Waals surface area (Å²) in [6.07, 6.45) is 4.56. The highest BCUT2D eigenvalue weighted by Crippen LogP contribution is 2.12. The van der Waals surface area contributed by atoms with E-state index >= 15 is 0 Å². The maximum atomic E-state index is 13.9. The molecule has 0 fully saturated rings. The monoisotopic (exact) mass is 637 g/mol. The SMILES string of the molecule is COC(=O)C(NC(=O)NC(Cc1ccc(C)cc1)C(=O)N[C@H]1CCCCNC(=O)C=C[C@H](Cc2cccc(F)c2)NC1=O)C(C)C. The summed E-state index contributed by atoms with van der Waals surface area (Å²) in [4.78, 5) is 64.9. The molecule has 0 spiro atoms. The van der Waals surface area contributed by atoms with Gasteiger partial charge in [-0.25, -0.2) is 14.0 Å². The first kappa shape index (κ1) is 35.7. The lowest BCUT2D eigenvalue weighted by Gasteiger charge is -2.26. The van der Waals surface area contributed by atoms with Gasteiger partial charge >= 0.3 is 12.0 Å². The molecular weight excluding hydrogens is 593 g/mol. The zero-order valence-corrected chi connectivity index (χ0v) is 26.7. The number of halogens is 1. The van der Waals surface area contributed by atoms with Gasteiger partial charge in [-0.2, -0.15) is 0 Å². The van der Waals surface area contributed by atoms with Crippen LogP contribution in [0, 0.1) is 18.7 Å². The number of rotatable bonds is 10. The third kappa shape index (κ3) is 11.6. The van der Waals surface area contributed by atoms with Crippen molar-refractivity contribution in [3.05, 3.63) is 83.2 Å². The second kappa shape index (κ2) is 17.7. The molecule has 11 nitrogen and oxygen atoms in total. The number of nitrogens with one attached hydrogen (secondary N) is 5. The van der Waals surface area contributed by atoms with Crippen LogP contribution in [0.4, 0.5) is 9.18 Å². The first-order valence-electron chi connectivity index (χ1n) is 15.5. The minimum Gasteiger partial charge on any atom is -0.467 e. The molecule has 0 radical (unpaired) electrons. The van der Waals surface area contributed by atoms with Crippen molar-refractivity contribution in [2.45, 2.75) is 77.0 Å². The number of hydrogen-bond donors (Lipinski definition) is 5. The van der Waals surface area contributed by atoms with Crippen LogP contribution in [-0.4, -0.2) is 67.5 Å². The van der Waals surface area contributed by atoms with Crippen LogP contribution < -0.4 is 26.6 Å². The van der Waals surface area contributed by atoms with Crippen LogP contribution in [0.2, 0.25) is 0 Å². The second-order valence-corrected chi connectivity index (χ2v) is 11.8. The Morgan fingerprint density at radius 1 is 1.02 bits per heavy atom. The van der Waals surface area contributed by atoms with Gasteiger partial charge in [-0.15, -0.1) is 0 Å². The van der Waals surface area contributed by atoms with E-state index in [-0.39, 0.29) is 31.1 Å². The molecule has 2 unspecified atom stereocenters. The van der Waals surface area contributed by atoms with E-state index in [1.165, 1.54) is 31.4 Å². The fraction of sp³-hybridized carbons (Fsp3) is 0.441. The first-order chi connectivity index (χ1) is 21.9. The maximum Gasteiger partial charge on any atom is 0.328 e. The van der Waals surface area contributed by atoms with Gasteiger partial charge in [0.2, 0.25) is 17.7 Å². The van der Waals surface area contributed by atoms with E-state index in [4.69, 9.17) is 4.74 Å². The molecule has 3 rings (SSSR count). The van der Waals surface area contributed by atoms with Crippen LogP contribution in [0.25, 0.3) is 0 Å². The molecule has 1 aliphatic heterocycles. The molecule has 0 saturated carbocycles. The summed E-state index contributed by atoms with van der Waals surface area (Å²) >= 11 is 0. The normalized spacial score (nSPS) is 18.6. The van der Waals surface area contributed by atoms with Crippen LogP contribution >= 0.6 is 0 Å². The third-order valence-electron chi connectivity index (χ3n) is 7.59. The van der Waals surface area contributed by atoms with E-state index in [0.717, 1.165) is 11.1 Å². The molecule has 0 aliphatic carbocycles. The largest absolute Gasteiger partial charge is 0.467 e. The summed E-state index contributed by atoms with van der Waals surface area (Å²) in [5.41, 5.74) is 2.41. The second-order valence-electron chi connectivity index (χ2n) is 11.8. The van der Waals surface area contributed by atoms with Gasteiger partial charge in [-0.05, 0) is 61.8 Å². The molecule has 1 heterocycles. The standard InChI is InChI=1S/C34H44FN5O6/c1-21(2)30(33(44)46-4)40-34(45)39-28(20-23-13-11-22(3)12-14-23)32(43)38-27-10-5-6-17-36-29(41)16-15-26(37-31(27)42)19-24-8-7-9-25(35)18-24/h7-9,11-16,18,21,26-28,30H,5-6,10,17,19-20H2,1-4H3,(H,36,41)(H,37,42)(H,38,43)(H2,39,40,45)/t26-,27+,28?,30?/m1/s1. The number of esters is 1. The predicted octanol–water partition coefficient (Wildman–Crippen LogP) is 2.61. The first-order valence-corrected chi connectivity index (χ1v) is 15.5. The molecule has 12 heteroatoms. The highest BCUT2D eigenvalue weighted by molar-refractivity contribution is 5.93. The van der Waals surface area contributed by atoms with E-state index in [1.807, 2.05) is 31.2 Å². The number of amides is 5. The van der Waals surface area contributed by atoms with E-state index in [9.17, 15) is 28.4 Å². The van der Waals surface area contributed by atoms with Crippen LogP contribution in [-0.2, 0) is 36.8 Å². The maximum absolute atomic E-state index is 13.9. The highest BCUT2D eigenvalue weighted by Gasteiger charge is 2.30. The topological polar surface area (TPSA) is 155 Å². The molecule has 46 heavy (non-hydrogen) atoms. The van der Waals surface area contributed by atoms with Gasteiger partial charge in [0.05, 0.1) is 13.2 Å². The Balaban J connectivity index is 1.82. The summed E-state index contributed by atoms with van der Waals surface area (Å²) in [6, 6.07) is 9.03. The van der Waals surface area contributed by atoms with Gasteiger partial charge in [-0.1, -0.05) is 61.9 Å². The summed E-state index contributed by atoms with van der Waals surface area (Å²) < 4.78 is 18.7. The molecule has 4 atom stereocenters. The lowest BCUT2D eigenvalue weighted by molar-refractivity contribution is -0.144. The Kier molecular flexibility index (Phi) is 13.7. The fourth-order valence-corrected chi connectivity index (χ4v) is 4.99. The minimum absolute atomic E-state index is 0.120. The number of carbonyl (C=O) groups excluding carboxylic acids is 5. The average Bonchev–Trinajstić information content (AvgIpc) is 3.01. The van der Waals surface area contributed by atoms with Crippen molar-refractivity contribution >= 4 is 29.7 Å². The van der Waals surface area contributed by atoms with E-state index in [1.54, 1.807) is 26.0 Å². The van der Waals surface area contributed by atoms with Crippen molar-refractivity contribution in [1.29, 1.82) is 0 Å². The number of carbonyl (C=O) groups is 5. The highest BCUT2D eigenvalue weighted by atomic mass is 19.1. The molecular formula is C34H44FN5O6. The van der Waals surface area contributed by atoms with Gasteiger partial charge in [0.25, 0.3) is 0 Å². The van der Waals surface area contributed by atoms with Gasteiger partial charge in [-0.3, -0.25) is 14.4 Å².